The Hall–Kier alpha value is -0.380. The van der Waals surface area contributed by atoms with Gasteiger partial charge in [-0.2, -0.15) is 0 Å². The number of allylic oxidation sites excluding steroid dienone is 1. The van der Waals surface area contributed by atoms with Crippen LogP contribution in [0.1, 0.15) is 106 Å². The van der Waals surface area contributed by atoms with E-state index in [1.165, 1.54) is 44.9 Å². The lowest BCUT2D eigenvalue weighted by atomic mass is 9.45. The van der Waals surface area contributed by atoms with Crippen LogP contribution in [0.2, 0.25) is 0 Å². The summed E-state index contributed by atoms with van der Waals surface area (Å²) in [6.07, 6.45) is 15.8. The third-order valence-corrected chi connectivity index (χ3v) is 11.6. The van der Waals surface area contributed by atoms with Gasteiger partial charge in [0.2, 0.25) is 0 Å². The van der Waals surface area contributed by atoms with E-state index in [1.807, 2.05) is 0 Å². The highest BCUT2D eigenvalue weighted by Gasteiger charge is 2.64. The highest BCUT2D eigenvalue weighted by Crippen LogP contribution is 2.68. The zero-order valence-corrected chi connectivity index (χ0v) is 21.6. The van der Waals surface area contributed by atoms with Gasteiger partial charge >= 0.3 is 0 Å². The van der Waals surface area contributed by atoms with Crippen molar-refractivity contribution in [2.24, 2.45) is 52.3 Å². The maximum Gasteiger partial charge on any atom is 0.129 e. The molecule has 2 N–H and O–H groups in total. The van der Waals surface area contributed by atoms with Crippen LogP contribution in [0.5, 0.6) is 0 Å². The Kier molecular flexibility index (Phi) is 6.96. The number of rotatable bonds is 7. The van der Waals surface area contributed by atoms with Crippen LogP contribution in [0, 0.1) is 52.3 Å². The molecule has 10 unspecified atom stereocenters. The standard InChI is InChI=1S/C29H50O3/c1-7-21(19(2)3)9-8-20(4)24-10-11-25-23-13-17-29(32-31)18-22(30)12-16-28(29,6)26(23)14-15-27(24,25)5/h13,17,19-26,30-31H,7-12,14-16,18H2,1-6H3. The number of hydrogen-bond acceptors (Lipinski definition) is 3. The van der Waals surface area contributed by atoms with Gasteiger partial charge in [0.1, 0.15) is 5.60 Å². The lowest BCUT2D eigenvalue weighted by Gasteiger charge is -2.62. The number of fused-ring (bicyclic) bond motifs is 5. The molecule has 0 radical (unpaired) electrons. The van der Waals surface area contributed by atoms with Gasteiger partial charge in [-0.15, -0.1) is 0 Å². The van der Waals surface area contributed by atoms with E-state index in [-0.39, 0.29) is 11.5 Å². The first-order valence-corrected chi connectivity index (χ1v) is 13.8. The van der Waals surface area contributed by atoms with E-state index in [9.17, 15) is 10.4 Å². The van der Waals surface area contributed by atoms with Crippen molar-refractivity contribution in [2.45, 2.75) is 117 Å². The first kappa shape index (κ1) is 24.7. The smallest absolute Gasteiger partial charge is 0.129 e. The molecular formula is C29H50O3. The average Bonchev–Trinajstić information content (AvgIpc) is 3.11. The van der Waals surface area contributed by atoms with Gasteiger partial charge in [-0.25, -0.2) is 4.89 Å². The van der Waals surface area contributed by atoms with Crippen LogP contribution >= 0.6 is 0 Å². The molecule has 32 heavy (non-hydrogen) atoms. The van der Waals surface area contributed by atoms with E-state index in [2.05, 4.69) is 53.7 Å². The van der Waals surface area contributed by atoms with Crippen molar-refractivity contribution >= 4 is 0 Å². The van der Waals surface area contributed by atoms with Gasteiger partial charge in [0.15, 0.2) is 0 Å². The van der Waals surface area contributed by atoms with E-state index in [0.29, 0.717) is 23.7 Å². The van der Waals surface area contributed by atoms with Crippen molar-refractivity contribution in [1.82, 2.24) is 0 Å². The maximum absolute atomic E-state index is 10.4. The Balaban J connectivity index is 1.53. The molecule has 184 valence electrons. The fourth-order valence-electron chi connectivity index (χ4n) is 9.43. The van der Waals surface area contributed by atoms with Gasteiger partial charge in [-0.3, -0.25) is 5.26 Å². The molecule has 0 amide bonds. The second kappa shape index (κ2) is 9.00. The van der Waals surface area contributed by atoms with Crippen molar-refractivity contribution in [3.8, 4) is 0 Å². The number of hydrogen-bond donors (Lipinski definition) is 2. The molecular weight excluding hydrogens is 396 g/mol. The van der Waals surface area contributed by atoms with Crippen LogP contribution in [0.3, 0.4) is 0 Å². The zero-order chi connectivity index (χ0) is 23.3. The Morgan fingerprint density at radius 2 is 1.75 bits per heavy atom. The molecule has 0 bridgehead atoms. The minimum absolute atomic E-state index is 0.0863. The minimum atomic E-state index is -0.711. The third kappa shape index (κ3) is 3.73. The Morgan fingerprint density at radius 3 is 2.41 bits per heavy atom. The second-order valence-corrected chi connectivity index (χ2v) is 13.1. The summed E-state index contributed by atoms with van der Waals surface area (Å²) in [4.78, 5) is 5.24. The van der Waals surface area contributed by atoms with Crippen molar-refractivity contribution in [1.29, 1.82) is 0 Å². The molecule has 3 heteroatoms. The van der Waals surface area contributed by atoms with Gasteiger partial charge in [-0.1, -0.05) is 66.5 Å². The summed E-state index contributed by atoms with van der Waals surface area (Å²) in [5, 5.41) is 20.4. The second-order valence-electron chi connectivity index (χ2n) is 13.1. The predicted octanol–water partition coefficient (Wildman–Crippen LogP) is 7.49. The summed E-state index contributed by atoms with van der Waals surface area (Å²) >= 11 is 0. The molecule has 3 fully saturated rings. The van der Waals surface area contributed by atoms with Crippen LogP contribution in [0.15, 0.2) is 12.2 Å². The molecule has 4 aliphatic rings. The normalized spacial score (nSPS) is 47.6. The molecule has 3 saturated carbocycles. The highest BCUT2D eigenvalue weighted by atomic mass is 17.1. The largest absolute Gasteiger partial charge is 0.393 e. The van der Waals surface area contributed by atoms with Gasteiger partial charge < -0.3 is 5.11 Å². The van der Waals surface area contributed by atoms with Crippen LogP contribution in [-0.4, -0.2) is 22.1 Å². The SMILES string of the molecule is CCC(CCC(C)C1CCC2C3C=CC4(OO)CC(O)CCC4(C)C3CCC12C)C(C)C. The third-order valence-electron chi connectivity index (χ3n) is 11.6. The van der Waals surface area contributed by atoms with Gasteiger partial charge in [-0.05, 0) is 91.8 Å². The summed E-state index contributed by atoms with van der Waals surface area (Å²) in [5.74, 6) is 5.20. The van der Waals surface area contributed by atoms with E-state index in [0.717, 1.165) is 42.4 Å². The number of aliphatic hydroxyl groups excluding tert-OH is 1. The van der Waals surface area contributed by atoms with E-state index in [1.54, 1.807) is 0 Å². The molecule has 0 saturated heterocycles. The number of aliphatic hydroxyl groups is 1. The molecule has 0 spiro atoms. The quantitative estimate of drug-likeness (QED) is 0.242. The zero-order valence-electron chi connectivity index (χ0n) is 21.6. The van der Waals surface area contributed by atoms with E-state index < -0.39 is 5.60 Å². The fraction of sp³-hybridized carbons (Fsp3) is 0.931. The summed E-state index contributed by atoms with van der Waals surface area (Å²) < 4.78 is 0. The molecule has 10 atom stereocenters. The van der Waals surface area contributed by atoms with Gasteiger partial charge in [0, 0.05) is 11.8 Å². The van der Waals surface area contributed by atoms with Crippen molar-refractivity contribution in [3.63, 3.8) is 0 Å². The molecule has 4 rings (SSSR count). The van der Waals surface area contributed by atoms with Crippen molar-refractivity contribution in [2.75, 3.05) is 0 Å². The maximum atomic E-state index is 10.4. The lowest BCUT2D eigenvalue weighted by Crippen LogP contribution is -2.61. The van der Waals surface area contributed by atoms with Crippen LogP contribution < -0.4 is 0 Å². The predicted molar refractivity (Wildman–Crippen MR) is 131 cm³/mol. The Labute approximate surface area is 197 Å². The molecule has 0 aromatic heterocycles. The average molecular weight is 447 g/mol. The molecule has 4 aliphatic carbocycles. The van der Waals surface area contributed by atoms with Crippen molar-refractivity contribution in [3.05, 3.63) is 12.2 Å². The lowest BCUT2D eigenvalue weighted by molar-refractivity contribution is -0.361. The van der Waals surface area contributed by atoms with E-state index >= 15 is 0 Å². The fourth-order valence-corrected chi connectivity index (χ4v) is 9.43. The first-order valence-electron chi connectivity index (χ1n) is 13.8. The van der Waals surface area contributed by atoms with Gasteiger partial charge in [0.05, 0.1) is 6.10 Å². The molecule has 0 aromatic carbocycles. The van der Waals surface area contributed by atoms with Crippen LogP contribution in [0.4, 0.5) is 0 Å². The molecule has 0 aliphatic heterocycles. The summed E-state index contributed by atoms with van der Waals surface area (Å²) in [6.45, 7) is 14.6. The monoisotopic (exact) mass is 446 g/mol. The van der Waals surface area contributed by atoms with Crippen LogP contribution in [0.25, 0.3) is 0 Å². The highest BCUT2D eigenvalue weighted by molar-refractivity contribution is 5.25. The Bertz CT molecular complexity index is 688. The molecule has 0 heterocycles. The minimum Gasteiger partial charge on any atom is -0.393 e. The molecule has 3 nitrogen and oxygen atoms in total. The van der Waals surface area contributed by atoms with Crippen LogP contribution in [-0.2, 0) is 4.89 Å². The summed E-state index contributed by atoms with van der Waals surface area (Å²) in [6, 6.07) is 0. The summed E-state index contributed by atoms with van der Waals surface area (Å²) in [5.41, 5.74) is -0.358. The van der Waals surface area contributed by atoms with Gasteiger partial charge in [0.25, 0.3) is 0 Å². The topological polar surface area (TPSA) is 49.7 Å². The van der Waals surface area contributed by atoms with E-state index in [4.69, 9.17) is 4.89 Å². The van der Waals surface area contributed by atoms with Crippen molar-refractivity contribution < 1.29 is 15.3 Å². The molecule has 0 aromatic rings. The first-order chi connectivity index (χ1) is 15.1. The summed E-state index contributed by atoms with van der Waals surface area (Å²) in [7, 11) is 0. The Morgan fingerprint density at radius 1 is 1.00 bits per heavy atom.